The molecule has 1 amide bonds. The average Bonchev–Trinajstić information content (AvgIpc) is 2.82. The maximum atomic E-state index is 11.9. The van der Waals surface area contributed by atoms with Crippen LogP contribution in [0.5, 0.6) is 0 Å². The van der Waals surface area contributed by atoms with E-state index in [1.807, 2.05) is 60.7 Å². The lowest BCUT2D eigenvalue weighted by Crippen LogP contribution is -2.62. The highest BCUT2D eigenvalue weighted by Crippen LogP contribution is 2.34. The van der Waals surface area contributed by atoms with Crippen LogP contribution in [0.1, 0.15) is 23.8 Å². The fourth-order valence-corrected chi connectivity index (χ4v) is 3.80. The molecule has 0 spiro atoms. The molecule has 2 aromatic rings. The smallest absolute Gasteiger partial charge is 0.407 e. The van der Waals surface area contributed by atoms with Crippen LogP contribution in [0.4, 0.5) is 4.79 Å². The molecule has 0 saturated carbocycles. The molecule has 3 N–H and O–H groups in total. The van der Waals surface area contributed by atoms with Gasteiger partial charge in [-0.3, -0.25) is 0 Å². The third-order valence-corrected chi connectivity index (χ3v) is 5.46. The highest BCUT2D eigenvalue weighted by molar-refractivity contribution is 5.67. The largest absolute Gasteiger partial charge is 0.445 e. The number of aliphatic hydroxyl groups is 2. The van der Waals surface area contributed by atoms with Crippen molar-refractivity contribution >= 4 is 6.09 Å². The number of carbonyl (C=O) groups is 1. The Labute approximate surface area is 180 Å². The number of ether oxygens (including phenoxy) is 4. The zero-order chi connectivity index (χ0) is 21.6. The molecule has 0 radical (unpaired) electrons. The lowest BCUT2D eigenvalue weighted by Gasteiger charge is -2.46. The molecule has 8 heteroatoms. The molecule has 2 heterocycles. The molecule has 8 nitrogen and oxygen atoms in total. The number of alkyl carbamates (subject to hydrolysis) is 1. The fourth-order valence-electron chi connectivity index (χ4n) is 3.80. The standard InChI is InChI=1S/C23H27NO7/c25-19-17(11-12-24-23(27)29-13-15-7-3-1-4-8-15)30-18-14-28-22(31-21(18)20(19)26)16-9-5-2-6-10-16/h1-10,17-22,25-26H,11-14H2,(H,24,27)/t17-,18+,19-,20+,21+,22?/m0/s1. The van der Waals surface area contributed by atoms with Gasteiger partial charge in [0.25, 0.3) is 0 Å². The summed E-state index contributed by atoms with van der Waals surface area (Å²) in [5.74, 6) is 0. The van der Waals surface area contributed by atoms with Crippen molar-refractivity contribution in [1.82, 2.24) is 5.32 Å². The van der Waals surface area contributed by atoms with E-state index in [0.717, 1.165) is 11.1 Å². The van der Waals surface area contributed by atoms with Gasteiger partial charge >= 0.3 is 6.09 Å². The molecule has 2 aliphatic rings. The number of nitrogens with one attached hydrogen (secondary N) is 1. The number of benzene rings is 2. The highest BCUT2D eigenvalue weighted by atomic mass is 16.7. The monoisotopic (exact) mass is 429 g/mol. The van der Waals surface area contributed by atoms with Crippen LogP contribution in [-0.4, -0.2) is 60.0 Å². The summed E-state index contributed by atoms with van der Waals surface area (Å²) in [6, 6.07) is 18.8. The van der Waals surface area contributed by atoms with Crippen molar-refractivity contribution in [3.63, 3.8) is 0 Å². The molecule has 2 aromatic carbocycles. The number of aliphatic hydroxyl groups excluding tert-OH is 2. The first kappa shape index (κ1) is 21.7. The summed E-state index contributed by atoms with van der Waals surface area (Å²) in [7, 11) is 0. The second kappa shape index (κ2) is 10.2. The van der Waals surface area contributed by atoms with Gasteiger partial charge < -0.3 is 34.5 Å². The number of hydrogen-bond acceptors (Lipinski definition) is 7. The molecule has 0 aromatic heterocycles. The molecule has 1 unspecified atom stereocenters. The fraction of sp³-hybridized carbons (Fsp3) is 0.435. The zero-order valence-electron chi connectivity index (χ0n) is 17.0. The first-order valence-corrected chi connectivity index (χ1v) is 10.4. The summed E-state index contributed by atoms with van der Waals surface area (Å²) in [5, 5.41) is 23.8. The molecular formula is C23H27NO7. The lowest BCUT2D eigenvalue weighted by atomic mass is 9.92. The van der Waals surface area contributed by atoms with Gasteiger partial charge in [0.15, 0.2) is 6.29 Å². The van der Waals surface area contributed by atoms with E-state index < -0.39 is 42.9 Å². The van der Waals surface area contributed by atoms with Crippen molar-refractivity contribution in [1.29, 1.82) is 0 Å². The Hall–Kier alpha value is -2.49. The van der Waals surface area contributed by atoms with Crippen molar-refractivity contribution in [2.45, 2.75) is 49.8 Å². The van der Waals surface area contributed by atoms with Gasteiger partial charge in [0, 0.05) is 12.1 Å². The Morgan fingerprint density at radius 3 is 2.45 bits per heavy atom. The van der Waals surface area contributed by atoms with E-state index in [-0.39, 0.29) is 19.8 Å². The minimum Gasteiger partial charge on any atom is -0.445 e. The van der Waals surface area contributed by atoms with Gasteiger partial charge in [0.2, 0.25) is 0 Å². The molecule has 2 fully saturated rings. The minimum atomic E-state index is -1.14. The Morgan fingerprint density at radius 2 is 1.71 bits per heavy atom. The van der Waals surface area contributed by atoms with Gasteiger partial charge in [-0.05, 0) is 12.0 Å². The van der Waals surface area contributed by atoms with Crippen LogP contribution >= 0.6 is 0 Å². The predicted molar refractivity (Wildman–Crippen MR) is 110 cm³/mol. The first-order valence-electron chi connectivity index (χ1n) is 10.4. The van der Waals surface area contributed by atoms with Gasteiger partial charge in [0.05, 0.1) is 12.7 Å². The Bertz CT molecular complexity index is 832. The minimum absolute atomic E-state index is 0.176. The number of rotatable bonds is 6. The van der Waals surface area contributed by atoms with Crippen molar-refractivity contribution in [3.05, 3.63) is 71.8 Å². The quantitative estimate of drug-likeness (QED) is 0.644. The number of fused-ring (bicyclic) bond motifs is 1. The van der Waals surface area contributed by atoms with Crippen molar-refractivity contribution < 1.29 is 34.0 Å². The normalized spacial score (nSPS) is 30.3. The zero-order valence-corrected chi connectivity index (χ0v) is 17.0. The summed E-state index contributed by atoms with van der Waals surface area (Å²) in [4.78, 5) is 11.9. The van der Waals surface area contributed by atoms with E-state index in [1.54, 1.807) is 0 Å². The van der Waals surface area contributed by atoms with Gasteiger partial charge in [-0.15, -0.1) is 0 Å². The van der Waals surface area contributed by atoms with Crippen LogP contribution in [0.15, 0.2) is 60.7 Å². The molecular weight excluding hydrogens is 402 g/mol. The summed E-state index contributed by atoms with van der Waals surface area (Å²) in [5.41, 5.74) is 1.73. The summed E-state index contributed by atoms with van der Waals surface area (Å²) in [6.45, 7) is 0.639. The van der Waals surface area contributed by atoms with Crippen LogP contribution in [0.25, 0.3) is 0 Å². The van der Waals surface area contributed by atoms with Gasteiger partial charge in [0.1, 0.15) is 31.0 Å². The molecule has 0 aliphatic carbocycles. The maximum absolute atomic E-state index is 11.9. The van der Waals surface area contributed by atoms with Crippen LogP contribution in [0.2, 0.25) is 0 Å². The van der Waals surface area contributed by atoms with E-state index in [9.17, 15) is 15.0 Å². The van der Waals surface area contributed by atoms with E-state index in [4.69, 9.17) is 18.9 Å². The van der Waals surface area contributed by atoms with Crippen molar-refractivity contribution in [2.75, 3.05) is 13.2 Å². The lowest BCUT2D eigenvalue weighted by molar-refractivity contribution is -0.328. The second-order valence-electron chi connectivity index (χ2n) is 7.65. The van der Waals surface area contributed by atoms with Crippen molar-refractivity contribution in [3.8, 4) is 0 Å². The van der Waals surface area contributed by atoms with E-state index >= 15 is 0 Å². The molecule has 2 saturated heterocycles. The van der Waals surface area contributed by atoms with E-state index in [1.165, 1.54) is 0 Å². The Morgan fingerprint density at radius 1 is 1.00 bits per heavy atom. The van der Waals surface area contributed by atoms with Gasteiger partial charge in [-0.1, -0.05) is 60.7 Å². The van der Waals surface area contributed by atoms with Crippen LogP contribution in [0, 0.1) is 0 Å². The van der Waals surface area contributed by atoms with E-state index in [2.05, 4.69) is 5.32 Å². The molecule has 4 rings (SSSR count). The number of amides is 1. The van der Waals surface area contributed by atoms with Crippen molar-refractivity contribution in [2.24, 2.45) is 0 Å². The SMILES string of the molecule is O=C(NCC[C@@H]1O[C@@H]2COC(c3ccccc3)O[C@H]2[C@H](O)[C@H]1O)OCc1ccccc1. The average molecular weight is 429 g/mol. The summed E-state index contributed by atoms with van der Waals surface area (Å²) >= 11 is 0. The second-order valence-corrected chi connectivity index (χ2v) is 7.65. The molecule has 2 aliphatic heterocycles. The maximum Gasteiger partial charge on any atom is 0.407 e. The van der Waals surface area contributed by atoms with Crippen LogP contribution in [0.3, 0.4) is 0 Å². The van der Waals surface area contributed by atoms with Crippen LogP contribution in [-0.2, 0) is 25.6 Å². The summed E-state index contributed by atoms with van der Waals surface area (Å²) in [6.07, 6.45) is -4.99. The first-order chi connectivity index (χ1) is 15.1. The third-order valence-electron chi connectivity index (χ3n) is 5.46. The molecule has 0 bridgehead atoms. The topological polar surface area (TPSA) is 106 Å². The Kier molecular flexibility index (Phi) is 7.16. The molecule has 166 valence electrons. The third kappa shape index (κ3) is 5.41. The number of hydrogen-bond donors (Lipinski definition) is 3. The van der Waals surface area contributed by atoms with Gasteiger partial charge in [-0.25, -0.2) is 4.79 Å². The van der Waals surface area contributed by atoms with Crippen LogP contribution < -0.4 is 5.32 Å². The summed E-state index contributed by atoms with van der Waals surface area (Å²) < 4.78 is 22.7. The molecule has 6 atom stereocenters. The highest BCUT2D eigenvalue weighted by Gasteiger charge is 2.48. The Balaban J connectivity index is 1.24. The van der Waals surface area contributed by atoms with Gasteiger partial charge in [-0.2, -0.15) is 0 Å². The van der Waals surface area contributed by atoms with E-state index in [0.29, 0.717) is 6.42 Å². The number of carbonyl (C=O) groups excluding carboxylic acids is 1. The predicted octanol–water partition coefficient (Wildman–Crippen LogP) is 1.91. The molecule has 31 heavy (non-hydrogen) atoms.